The van der Waals surface area contributed by atoms with Crippen LogP contribution in [0.1, 0.15) is 47.7 Å². The first-order valence-corrected chi connectivity index (χ1v) is 14.3. The number of hydrogen-bond donors (Lipinski definition) is 3. The Kier molecular flexibility index (Phi) is 7.86. The molecule has 1 saturated carbocycles. The average Bonchev–Trinajstić information content (AvgIpc) is 3.80. The van der Waals surface area contributed by atoms with Crippen LogP contribution in [0.3, 0.4) is 0 Å². The smallest absolute Gasteiger partial charge is 0.273 e. The molecule has 1 aromatic carbocycles. The summed E-state index contributed by atoms with van der Waals surface area (Å²) >= 11 is 0. The van der Waals surface area contributed by atoms with Crippen LogP contribution in [-0.4, -0.2) is 73.6 Å². The summed E-state index contributed by atoms with van der Waals surface area (Å²) in [5.41, 5.74) is 3.56. The first kappa shape index (κ1) is 28.7. The summed E-state index contributed by atoms with van der Waals surface area (Å²) in [6.07, 6.45) is 3.59. The number of hydrogen-bond acceptors (Lipinski definition) is 11. The maximum Gasteiger partial charge on any atom is 0.273 e. The molecule has 14 heteroatoms. The standard InChI is InChI=1S/C30H31N11O3/c1-17-25(16-40(17)14-20-7-4-6-19(13-31)33-20)41-15-24(36-39-41)21-8-5-9-22(28(21)44-3)34-23-12-26(35-29(42)18-10-11-18)37-38-27(23)30(43)32-2/h4-9,12,15,17-18,25H,10-11,14,16H2,1-3H3,(H,32,43)(H2,34,35,37,42)/t17-,25?/m0/s1. The van der Waals surface area contributed by atoms with Crippen LogP contribution in [0, 0.1) is 17.2 Å². The van der Waals surface area contributed by atoms with E-state index in [2.05, 4.69) is 59.3 Å². The number of carbonyl (C=O) groups is 2. The molecular weight excluding hydrogens is 562 g/mol. The van der Waals surface area contributed by atoms with E-state index in [9.17, 15) is 9.59 Å². The minimum atomic E-state index is -0.435. The van der Waals surface area contributed by atoms with Gasteiger partial charge in [-0.1, -0.05) is 17.3 Å². The molecule has 0 radical (unpaired) electrons. The maximum atomic E-state index is 12.6. The number of benzene rings is 1. The Hall–Kier alpha value is -5.42. The second-order valence-corrected chi connectivity index (χ2v) is 10.8. The third kappa shape index (κ3) is 5.77. The van der Waals surface area contributed by atoms with E-state index >= 15 is 0 Å². The lowest BCUT2D eigenvalue weighted by atomic mass is 9.98. The highest BCUT2D eigenvalue weighted by molar-refractivity contribution is 6.00. The van der Waals surface area contributed by atoms with Gasteiger partial charge in [0, 0.05) is 43.7 Å². The number of para-hydroxylation sites is 1. The van der Waals surface area contributed by atoms with Crippen molar-refractivity contribution in [2.45, 2.75) is 38.4 Å². The van der Waals surface area contributed by atoms with Crippen molar-refractivity contribution in [3.05, 3.63) is 65.7 Å². The van der Waals surface area contributed by atoms with Crippen molar-refractivity contribution >= 4 is 29.0 Å². The molecule has 2 amide bonds. The van der Waals surface area contributed by atoms with Gasteiger partial charge in [-0.05, 0) is 44.0 Å². The van der Waals surface area contributed by atoms with Gasteiger partial charge < -0.3 is 20.7 Å². The zero-order valence-electron chi connectivity index (χ0n) is 24.5. The highest BCUT2D eigenvalue weighted by Crippen LogP contribution is 2.39. The van der Waals surface area contributed by atoms with Gasteiger partial charge in [-0.25, -0.2) is 9.67 Å². The summed E-state index contributed by atoms with van der Waals surface area (Å²) < 4.78 is 7.68. The Morgan fingerprint density at radius 1 is 1.11 bits per heavy atom. The van der Waals surface area contributed by atoms with E-state index < -0.39 is 5.91 Å². The van der Waals surface area contributed by atoms with Crippen molar-refractivity contribution in [2.24, 2.45) is 5.92 Å². The molecule has 4 aromatic rings. The van der Waals surface area contributed by atoms with Crippen LogP contribution in [0.4, 0.5) is 17.2 Å². The molecule has 1 saturated heterocycles. The fourth-order valence-corrected chi connectivity index (χ4v) is 5.19. The van der Waals surface area contributed by atoms with Crippen molar-refractivity contribution in [1.29, 1.82) is 5.26 Å². The number of nitriles is 1. The summed E-state index contributed by atoms with van der Waals surface area (Å²) in [4.78, 5) is 31.6. The molecule has 0 bridgehead atoms. The van der Waals surface area contributed by atoms with Crippen molar-refractivity contribution in [3.63, 3.8) is 0 Å². The van der Waals surface area contributed by atoms with Gasteiger partial charge >= 0.3 is 0 Å². The number of amides is 2. The van der Waals surface area contributed by atoms with Crippen LogP contribution in [0.25, 0.3) is 11.3 Å². The quantitative estimate of drug-likeness (QED) is 0.246. The molecule has 2 aliphatic rings. The molecule has 1 unspecified atom stereocenters. The fourth-order valence-electron chi connectivity index (χ4n) is 5.19. The molecular formula is C30H31N11O3. The van der Waals surface area contributed by atoms with Gasteiger partial charge in [0.2, 0.25) is 5.91 Å². The van der Waals surface area contributed by atoms with E-state index in [1.165, 1.54) is 7.05 Å². The van der Waals surface area contributed by atoms with Crippen LogP contribution >= 0.6 is 0 Å². The molecule has 0 spiro atoms. The number of carbonyl (C=O) groups excluding carboxylic acids is 2. The van der Waals surface area contributed by atoms with Crippen LogP contribution in [0.15, 0.2) is 48.7 Å². The Balaban J connectivity index is 1.21. The Morgan fingerprint density at radius 2 is 1.93 bits per heavy atom. The minimum absolute atomic E-state index is 0.0125. The number of pyridine rings is 1. The van der Waals surface area contributed by atoms with Gasteiger partial charge in [-0.15, -0.1) is 15.3 Å². The van der Waals surface area contributed by atoms with E-state index in [-0.39, 0.29) is 35.4 Å². The van der Waals surface area contributed by atoms with Crippen molar-refractivity contribution in [1.82, 2.24) is 40.4 Å². The number of rotatable bonds is 10. The molecule has 1 aliphatic carbocycles. The predicted octanol–water partition coefficient (Wildman–Crippen LogP) is 2.91. The number of nitrogens with zero attached hydrogens (tertiary/aromatic N) is 8. The highest BCUT2D eigenvalue weighted by Gasteiger charge is 2.38. The maximum absolute atomic E-state index is 12.6. The summed E-state index contributed by atoms with van der Waals surface area (Å²) in [5.74, 6) is 0.174. The molecule has 14 nitrogen and oxygen atoms in total. The molecule has 2 fully saturated rings. The summed E-state index contributed by atoms with van der Waals surface area (Å²) in [6, 6.07) is 15.0. The first-order valence-electron chi connectivity index (χ1n) is 14.3. The topological polar surface area (TPSA) is 176 Å². The number of aromatic nitrogens is 6. The van der Waals surface area contributed by atoms with E-state index in [0.717, 1.165) is 25.1 Å². The summed E-state index contributed by atoms with van der Waals surface area (Å²) in [6.45, 7) is 3.53. The lowest BCUT2D eigenvalue weighted by molar-refractivity contribution is -0.117. The van der Waals surface area contributed by atoms with Crippen LogP contribution in [-0.2, 0) is 11.3 Å². The van der Waals surface area contributed by atoms with E-state index in [0.29, 0.717) is 40.6 Å². The number of nitrogens with one attached hydrogen (secondary N) is 3. The van der Waals surface area contributed by atoms with Gasteiger partial charge in [0.15, 0.2) is 17.3 Å². The SMILES string of the molecule is CNC(=O)c1nnc(NC(=O)C2CC2)cc1Nc1cccc(-c2cn(C3CN(Cc4cccc(C#N)n4)[C@H]3C)nn2)c1OC. The Bertz CT molecular complexity index is 1760. The third-order valence-corrected chi connectivity index (χ3v) is 7.89. The fraction of sp³-hybridized carbons (Fsp3) is 0.333. The normalized spacial score (nSPS) is 17.7. The number of methoxy groups -OCH3 is 1. The zero-order valence-corrected chi connectivity index (χ0v) is 24.5. The number of ether oxygens (including phenoxy) is 1. The average molecular weight is 594 g/mol. The zero-order chi connectivity index (χ0) is 30.8. The molecule has 3 aromatic heterocycles. The van der Waals surface area contributed by atoms with Crippen molar-refractivity contribution in [3.8, 4) is 23.1 Å². The molecule has 1 aliphatic heterocycles. The highest BCUT2D eigenvalue weighted by atomic mass is 16.5. The van der Waals surface area contributed by atoms with Gasteiger partial charge in [0.25, 0.3) is 5.91 Å². The molecule has 44 heavy (non-hydrogen) atoms. The third-order valence-electron chi connectivity index (χ3n) is 7.89. The van der Waals surface area contributed by atoms with Crippen LogP contribution in [0.5, 0.6) is 5.75 Å². The second-order valence-electron chi connectivity index (χ2n) is 10.8. The Labute approximate surface area is 253 Å². The molecule has 3 N–H and O–H groups in total. The van der Waals surface area contributed by atoms with Crippen LogP contribution in [0.2, 0.25) is 0 Å². The molecule has 4 heterocycles. The Morgan fingerprint density at radius 3 is 2.66 bits per heavy atom. The molecule has 224 valence electrons. The predicted molar refractivity (Wildman–Crippen MR) is 160 cm³/mol. The van der Waals surface area contributed by atoms with Crippen molar-refractivity contribution < 1.29 is 14.3 Å². The molecule has 2 atom stereocenters. The minimum Gasteiger partial charge on any atom is -0.494 e. The molecule has 6 rings (SSSR count). The van der Waals surface area contributed by atoms with E-state index in [1.807, 2.05) is 41.2 Å². The van der Waals surface area contributed by atoms with Gasteiger partial charge in [-0.2, -0.15) is 5.26 Å². The first-order chi connectivity index (χ1) is 21.4. The van der Waals surface area contributed by atoms with Gasteiger partial charge in [0.05, 0.1) is 36.4 Å². The van der Waals surface area contributed by atoms with Gasteiger partial charge in [-0.3, -0.25) is 14.5 Å². The van der Waals surface area contributed by atoms with Gasteiger partial charge in [0.1, 0.15) is 17.5 Å². The van der Waals surface area contributed by atoms with E-state index in [4.69, 9.17) is 10.00 Å². The largest absolute Gasteiger partial charge is 0.494 e. The van der Waals surface area contributed by atoms with Crippen molar-refractivity contribution in [2.75, 3.05) is 31.3 Å². The lowest BCUT2D eigenvalue weighted by Crippen LogP contribution is -2.54. The summed E-state index contributed by atoms with van der Waals surface area (Å²) in [7, 11) is 3.06. The van der Waals surface area contributed by atoms with E-state index in [1.54, 1.807) is 19.2 Å². The summed E-state index contributed by atoms with van der Waals surface area (Å²) in [5, 5.41) is 34.7. The number of anilines is 3. The van der Waals surface area contributed by atoms with Crippen LogP contribution < -0.4 is 20.7 Å². The lowest BCUT2D eigenvalue weighted by Gasteiger charge is -2.45. The second kappa shape index (κ2) is 12.1. The number of likely N-dealkylation sites (tertiary alicyclic amines) is 1. The monoisotopic (exact) mass is 593 g/mol.